The molecule has 5 nitrogen and oxygen atoms in total. The van der Waals surface area contributed by atoms with E-state index in [4.69, 9.17) is 9.31 Å². The summed E-state index contributed by atoms with van der Waals surface area (Å²) >= 11 is 0. The first kappa shape index (κ1) is 18.2. The number of anilines is 1. The van der Waals surface area contributed by atoms with Crippen LogP contribution in [0.4, 0.5) is 10.3 Å². The molecule has 0 spiro atoms. The van der Waals surface area contributed by atoms with Crippen LogP contribution in [-0.2, 0) is 9.31 Å². The van der Waals surface area contributed by atoms with E-state index in [9.17, 15) is 4.39 Å². The molecule has 0 atom stereocenters. The summed E-state index contributed by atoms with van der Waals surface area (Å²) in [6.07, 6.45) is 8.79. The van der Waals surface area contributed by atoms with Gasteiger partial charge >= 0.3 is 7.12 Å². The van der Waals surface area contributed by atoms with Crippen molar-refractivity contribution >= 4 is 13.1 Å². The molecule has 3 heterocycles. The van der Waals surface area contributed by atoms with E-state index in [0.717, 1.165) is 13.1 Å². The summed E-state index contributed by atoms with van der Waals surface area (Å²) in [6.45, 7) is 10.1. The second kappa shape index (κ2) is 6.16. The van der Waals surface area contributed by atoms with E-state index < -0.39 is 5.82 Å². The highest BCUT2D eigenvalue weighted by molar-refractivity contribution is 6.50. The molecule has 3 aliphatic rings. The van der Waals surface area contributed by atoms with E-state index in [1.807, 2.05) is 0 Å². The minimum atomic E-state index is -0.404. The maximum Gasteiger partial charge on any atom is 0.468 e. The SMILES string of the molecule is CC1(C)OB(C2(C3CCCCC3)CN(c3ncc(F)cn3)C2)OC1(C)C. The van der Waals surface area contributed by atoms with E-state index in [-0.39, 0.29) is 23.6 Å². The van der Waals surface area contributed by atoms with Crippen LogP contribution in [0.3, 0.4) is 0 Å². The van der Waals surface area contributed by atoms with Crippen molar-refractivity contribution < 1.29 is 13.7 Å². The van der Waals surface area contributed by atoms with Gasteiger partial charge in [-0.15, -0.1) is 0 Å². The van der Waals surface area contributed by atoms with Crippen LogP contribution in [0.5, 0.6) is 0 Å². The highest BCUT2D eigenvalue weighted by atomic mass is 19.1. The first-order valence-corrected chi connectivity index (χ1v) is 9.82. The zero-order chi connectivity index (χ0) is 18.6. The summed E-state index contributed by atoms with van der Waals surface area (Å²) in [5, 5.41) is -0.0385. The fraction of sp³-hybridized carbons (Fsp3) is 0.789. The first-order valence-electron chi connectivity index (χ1n) is 9.82. The van der Waals surface area contributed by atoms with Crippen LogP contribution in [0.25, 0.3) is 0 Å². The van der Waals surface area contributed by atoms with Crippen molar-refractivity contribution in [3.63, 3.8) is 0 Å². The number of nitrogens with zero attached hydrogens (tertiary/aromatic N) is 3. The largest absolute Gasteiger partial charge is 0.468 e. The van der Waals surface area contributed by atoms with Gasteiger partial charge in [-0.2, -0.15) is 0 Å². The van der Waals surface area contributed by atoms with Crippen LogP contribution in [0.2, 0.25) is 5.31 Å². The number of hydrogen-bond acceptors (Lipinski definition) is 5. The normalized spacial score (nSPS) is 27.4. The molecular weight excluding hydrogens is 332 g/mol. The standard InChI is InChI=1S/C19H29BFN3O2/c1-17(2)18(3,4)26-20(25-17)19(14-8-6-5-7-9-14)12-24(13-19)16-22-10-15(21)11-23-16/h10-11,14H,5-9,12-13H2,1-4H3. The van der Waals surface area contributed by atoms with Gasteiger partial charge in [0.1, 0.15) is 0 Å². The van der Waals surface area contributed by atoms with Crippen molar-refractivity contribution in [1.82, 2.24) is 9.97 Å². The Kier molecular flexibility index (Phi) is 4.31. The van der Waals surface area contributed by atoms with Gasteiger partial charge in [0.15, 0.2) is 5.82 Å². The lowest BCUT2D eigenvalue weighted by molar-refractivity contribution is 0.00578. The third-order valence-electron chi connectivity index (χ3n) is 7.00. The van der Waals surface area contributed by atoms with E-state index in [2.05, 4.69) is 42.6 Å². The van der Waals surface area contributed by atoms with Crippen molar-refractivity contribution in [2.24, 2.45) is 5.92 Å². The molecule has 26 heavy (non-hydrogen) atoms. The van der Waals surface area contributed by atoms with Gasteiger partial charge in [0.25, 0.3) is 0 Å². The minimum Gasteiger partial charge on any atom is -0.403 e. The lowest BCUT2D eigenvalue weighted by Crippen LogP contribution is -2.63. The van der Waals surface area contributed by atoms with Crippen molar-refractivity contribution in [3.8, 4) is 0 Å². The van der Waals surface area contributed by atoms with Crippen LogP contribution in [-0.4, -0.2) is 41.4 Å². The summed E-state index contributed by atoms with van der Waals surface area (Å²) in [5.74, 6) is 0.774. The Bertz CT molecular complexity index is 639. The Morgan fingerprint density at radius 3 is 2.08 bits per heavy atom. The Labute approximate surface area is 155 Å². The molecule has 0 unspecified atom stereocenters. The summed E-state index contributed by atoms with van der Waals surface area (Å²) in [6, 6.07) is 0. The Balaban J connectivity index is 1.58. The van der Waals surface area contributed by atoms with Gasteiger partial charge < -0.3 is 14.2 Å². The molecule has 0 amide bonds. The highest BCUT2D eigenvalue weighted by Crippen LogP contribution is 2.57. The zero-order valence-corrected chi connectivity index (χ0v) is 16.3. The second-order valence-corrected chi connectivity index (χ2v) is 9.21. The molecule has 1 saturated carbocycles. The van der Waals surface area contributed by atoms with Crippen LogP contribution in [0, 0.1) is 11.7 Å². The molecule has 1 aromatic rings. The average Bonchev–Trinajstić information content (AvgIpc) is 2.77. The van der Waals surface area contributed by atoms with E-state index in [1.165, 1.54) is 44.5 Å². The lowest BCUT2D eigenvalue weighted by atomic mass is 9.45. The van der Waals surface area contributed by atoms with Crippen LogP contribution < -0.4 is 4.90 Å². The van der Waals surface area contributed by atoms with Gasteiger partial charge in [-0.05, 0) is 33.6 Å². The second-order valence-electron chi connectivity index (χ2n) is 9.21. The van der Waals surface area contributed by atoms with Gasteiger partial charge in [-0.1, -0.05) is 32.1 Å². The molecule has 0 bridgehead atoms. The number of halogens is 1. The Morgan fingerprint density at radius 1 is 1.00 bits per heavy atom. The van der Waals surface area contributed by atoms with Gasteiger partial charge in [-0.3, -0.25) is 0 Å². The molecule has 2 aliphatic heterocycles. The molecule has 0 radical (unpaired) electrons. The summed E-state index contributed by atoms with van der Waals surface area (Å²) in [7, 11) is -0.215. The molecule has 0 aromatic carbocycles. The molecule has 4 rings (SSSR count). The Hall–Kier alpha value is -1.21. The van der Waals surface area contributed by atoms with Gasteiger partial charge in [-0.25, -0.2) is 14.4 Å². The smallest absolute Gasteiger partial charge is 0.403 e. The first-order chi connectivity index (χ1) is 12.2. The van der Waals surface area contributed by atoms with E-state index >= 15 is 0 Å². The van der Waals surface area contributed by atoms with Crippen molar-refractivity contribution in [1.29, 1.82) is 0 Å². The number of hydrogen-bond donors (Lipinski definition) is 0. The predicted octanol–water partition coefficient (Wildman–Crippen LogP) is 3.85. The highest BCUT2D eigenvalue weighted by Gasteiger charge is 2.66. The number of aromatic nitrogens is 2. The van der Waals surface area contributed by atoms with E-state index in [0.29, 0.717) is 11.9 Å². The summed E-state index contributed by atoms with van der Waals surface area (Å²) < 4.78 is 26.1. The molecule has 3 fully saturated rings. The van der Waals surface area contributed by atoms with Crippen LogP contribution in [0.15, 0.2) is 12.4 Å². The van der Waals surface area contributed by atoms with Gasteiger partial charge in [0, 0.05) is 18.4 Å². The monoisotopic (exact) mass is 361 g/mol. The van der Waals surface area contributed by atoms with Gasteiger partial charge in [0.2, 0.25) is 5.95 Å². The Morgan fingerprint density at radius 2 is 1.54 bits per heavy atom. The maximum absolute atomic E-state index is 13.1. The summed E-state index contributed by atoms with van der Waals surface area (Å²) in [4.78, 5) is 10.4. The van der Waals surface area contributed by atoms with Crippen molar-refractivity contribution in [2.45, 2.75) is 76.3 Å². The maximum atomic E-state index is 13.1. The quantitative estimate of drug-likeness (QED) is 0.766. The third kappa shape index (κ3) is 2.84. The topological polar surface area (TPSA) is 47.5 Å². The summed E-state index contributed by atoms with van der Waals surface area (Å²) in [5.41, 5.74) is -0.655. The zero-order valence-electron chi connectivity index (χ0n) is 16.3. The molecule has 142 valence electrons. The minimum absolute atomic E-state index is 0.0385. The molecule has 1 aromatic heterocycles. The number of rotatable bonds is 3. The fourth-order valence-corrected chi connectivity index (χ4v) is 4.63. The average molecular weight is 361 g/mol. The van der Waals surface area contributed by atoms with E-state index in [1.54, 1.807) is 0 Å². The van der Waals surface area contributed by atoms with Crippen molar-refractivity contribution in [3.05, 3.63) is 18.2 Å². The molecule has 7 heteroatoms. The lowest BCUT2D eigenvalue weighted by Gasteiger charge is -2.55. The predicted molar refractivity (Wildman–Crippen MR) is 99.6 cm³/mol. The third-order valence-corrected chi connectivity index (χ3v) is 7.00. The molecule has 2 saturated heterocycles. The van der Waals surface area contributed by atoms with Gasteiger partial charge in [0.05, 0.1) is 23.6 Å². The van der Waals surface area contributed by atoms with Crippen LogP contribution >= 0.6 is 0 Å². The van der Waals surface area contributed by atoms with Crippen molar-refractivity contribution in [2.75, 3.05) is 18.0 Å². The molecule has 0 N–H and O–H groups in total. The molecule has 1 aliphatic carbocycles. The fourth-order valence-electron chi connectivity index (χ4n) is 4.63. The van der Waals surface area contributed by atoms with Crippen LogP contribution in [0.1, 0.15) is 59.8 Å². The molecular formula is C19H29BFN3O2.